The highest BCUT2D eigenvalue weighted by Crippen LogP contribution is 2.31. The zero-order valence-electron chi connectivity index (χ0n) is 19.0. The fourth-order valence-electron chi connectivity index (χ4n) is 3.70. The Hall–Kier alpha value is -4.11. The molecule has 0 bridgehead atoms. The Balaban J connectivity index is 1.88. The van der Waals surface area contributed by atoms with E-state index < -0.39 is 18.0 Å². The van der Waals surface area contributed by atoms with Gasteiger partial charge in [0.25, 0.3) is 5.56 Å². The third-order valence-electron chi connectivity index (χ3n) is 5.20. The lowest BCUT2D eigenvalue weighted by atomic mass is 9.96. The van der Waals surface area contributed by atoms with Crippen LogP contribution in [-0.4, -0.2) is 23.1 Å². The Labute approximate surface area is 203 Å². The number of carbonyl (C=O) groups is 2. The van der Waals surface area contributed by atoms with Crippen LogP contribution in [0.1, 0.15) is 31.0 Å². The smallest absolute Gasteiger partial charge is 0.338 e. The average molecular weight is 493 g/mol. The number of benzene rings is 2. The molecule has 4 rings (SSSR count). The van der Waals surface area contributed by atoms with Crippen LogP contribution in [-0.2, 0) is 14.3 Å². The van der Waals surface area contributed by atoms with Crippen LogP contribution in [0.4, 0.5) is 4.39 Å². The van der Waals surface area contributed by atoms with Gasteiger partial charge in [0.2, 0.25) is 0 Å². The monoisotopic (exact) mass is 492 g/mol. The predicted octanol–water partition coefficient (Wildman–Crippen LogP) is 3.03. The molecule has 0 spiro atoms. The van der Waals surface area contributed by atoms with Crippen molar-refractivity contribution >= 4 is 29.4 Å². The Morgan fingerprint density at radius 3 is 2.49 bits per heavy atom. The summed E-state index contributed by atoms with van der Waals surface area (Å²) in [4.78, 5) is 42.7. The second-order valence-electron chi connectivity index (χ2n) is 7.68. The lowest BCUT2D eigenvalue weighted by molar-refractivity contribution is -0.138. The maximum absolute atomic E-state index is 13.5. The lowest BCUT2D eigenvalue weighted by Crippen LogP contribution is -2.39. The van der Waals surface area contributed by atoms with Gasteiger partial charge in [0.05, 0.1) is 21.8 Å². The molecule has 0 radical (unpaired) electrons. The molecule has 0 fully saturated rings. The molecule has 9 heteroatoms. The molecule has 2 heterocycles. The molecule has 1 aliphatic rings. The molecular weight excluding hydrogens is 471 g/mol. The lowest BCUT2D eigenvalue weighted by Gasteiger charge is -2.24. The first kappa shape index (κ1) is 24.0. The van der Waals surface area contributed by atoms with E-state index in [9.17, 15) is 18.8 Å². The number of fused-ring (bicyclic) bond motifs is 1. The van der Waals surface area contributed by atoms with Crippen molar-refractivity contribution in [2.24, 2.45) is 4.99 Å². The number of esters is 2. The quantitative estimate of drug-likeness (QED) is 0.300. The first-order valence-corrected chi connectivity index (χ1v) is 11.4. The summed E-state index contributed by atoms with van der Waals surface area (Å²) < 4.78 is 25.5. The van der Waals surface area contributed by atoms with Crippen molar-refractivity contribution in [2.75, 3.05) is 6.61 Å². The Kier molecular flexibility index (Phi) is 6.88. The van der Waals surface area contributed by atoms with Crippen molar-refractivity contribution in [3.8, 4) is 5.75 Å². The van der Waals surface area contributed by atoms with E-state index in [2.05, 4.69) is 11.6 Å². The minimum Gasteiger partial charge on any atom is -0.458 e. The topological polar surface area (TPSA) is 87.0 Å². The molecule has 3 aromatic rings. The first-order chi connectivity index (χ1) is 16.8. The standard InChI is InChI=1S/C26H21FN2O5S/c1-4-13-33-25(32)22-15(2)28-26-29(23(22)18-7-11-20(12-8-18)34-16(3)30)24(31)21(35-26)14-17-5-9-19(27)10-6-17/h4-12,14,23H,1,13H2,2-3H3. The number of thiazole rings is 1. The van der Waals surface area contributed by atoms with Crippen LogP contribution in [0.3, 0.4) is 0 Å². The molecule has 0 N–H and O–H groups in total. The summed E-state index contributed by atoms with van der Waals surface area (Å²) in [5.74, 6) is -1.12. The van der Waals surface area contributed by atoms with Crippen LogP contribution in [0, 0.1) is 5.82 Å². The third-order valence-corrected chi connectivity index (χ3v) is 6.18. The Bertz CT molecular complexity index is 1520. The van der Waals surface area contributed by atoms with Crippen molar-refractivity contribution < 1.29 is 23.5 Å². The van der Waals surface area contributed by atoms with Gasteiger partial charge in [-0.2, -0.15) is 0 Å². The van der Waals surface area contributed by atoms with E-state index in [0.29, 0.717) is 31.9 Å². The van der Waals surface area contributed by atoms with E-state index in [1.807, 2.05) is 0 Å². The van der Waals surface area contributed by atoms with E-state index in [1.54, 1.807) is 49.4 Å². The summed E-state index contributed by atoms with van der Waals surface area (Å²) in [7, 11) is 0. The van der Waals surface area contributed by atoms with Crippen LogP contribution in [0.15, 0.2) is 82.2 Å². The molecule has 178 valence electrons. The predicted molar refractivity (Wildman–Crippen MR) is 129 cm³/mol. The van der Waals surface area contributed by atoms with Gasteiger partial charge in [0, 0.05) is 6.92 Å². The number of aromatic nitrogens is 1. The van der Waals surface area contributed by atoms with Gasteiger partial charge in [-0.25, -0.2) is 14.2 Å². The molecule has 1 aliphatic heterocycles. The molecule has 0 saturated heterocycles. The van der Waals surface area contributed by atoms with Crippen molar-refractivity contribution in [3.05, 3.63) is 109 Å². The number of hydrogen-bond donors (Lipinski definition) is 0. The van der Waals surface area contributed by atoms with E-state index in [1.165, 1.54) is 41.0 Å². The van der Waals surface area contributed by atoms with E-state index in [0.717, 1.165) is 0 Å². The number of nitrogens with zero attached hydrogens (tertiary/aromatic N) is 2. The maximum Gasteiger partial charge on any atom is 0.338 e. The second kappa shape index (κ2) is 10.0. The number of allylic oxidation sites excluding steroid dienone is 1. The van der Waals surface area contributed by atoms with Gasteiger partial charge in [-0.05, 0) is 48.4 Å². The molecule has 0 amide bonds. The van der Waals surface area contributed by atoms with E-state index in [-0.39, 0.29) is 23.6 Å². The van der Waals surface area contributed by atoms with Gasteiger partial charge in [-0.3, -0.25) is 14.2 Å². The molecule has 2 aromatic carbocycles. The van der Waals surface area contributed by atoms with E-state index >= 15 is 0 Å². The van der Waals surface area contributed by atoms with Gasteiger partial charge in [0.15, 0.2) is 4.80 Å². The van der Waals surface area contributed by atoms with Crippen molar-refractivity contribution in [2.45, 2.75) is 19.9 Å². The number of ether oxygens (including phenoxy) is 2. The van der Waals surface area contributed by atoms with Gasteiger partial charge in [-0.15, -0.1) is 0 Å². The largest absolute Gasteiger partial charge is 0.458 e. The van der Waals surface area contributed by atoms with Crippen LogP contribution in [0.25, 0.3) is 6.08 Å². The Morgan fingerprint density at radius 1 is 1.17 bits per heavy atom. The summed E-state index contributed by atoms with van der Waals surface area (Å²) in [6.07, 6.45) is 3.10. The van der Waals surface area contributed by atoms with Gasteiger partial charge < -0.3 is 9.47 Å². The summed E-state index contributed by atoms with van der Waals surface area (Å²) in [6.45, 7) is 6.55. The fourth-order valence-corrected chi connectivity index (χ4v) is 4.75. The number of carbonyl (C=O) groups excluding carboxylic acids is 2. The molecule has 1 unspecified atom stereocenters. The summed E-state index contributed by atoms with van der Waals surface area (Å²) in [5.41, 5.74) is 1.54. The Morgan fingerprint density at radius 2 is 1.86 bits per heavy atom. The minimum atomic E-state index is -0.815. The summed E-state index contributed by atoms with van der Waals surface area (Å²) in [6, 6.07) is 11.5. The zero-order valence-corrected chi connectivity index (χ0v) is 19.8. The van der Waals surface area contributed by atoms with Crippen molar-refractivity contribution in [1.29, 1.82) is 0 Å². The highest BCUT2D eigenvalue weighted by atomic mass is 32.1. The number of halogens is 1. The fraction of sp³-hybridized carbons (Fsp3) is 0.154. The minimum absolute atomic E-state index is 0.00269. The molecular formula is C26H21FN2O5S. The van der Waals surface area contributed by atoms with Crippen molar-refractivity contribution in [1.82, 2.24) is 4.57 Å². The SMILES string of the molecule is C=CCOC(=O)C1=C(C)N=c2sc(=Cc3ccc(F)cc3)c(=O)n2C1c1ccc(OC(C)=O)cc1. The second-order valence-corrected chi connectivity index (χ2v) is 8.69. The number of hydrogen-bond acceptors (Lipinski definition) is 7. The molecule has 7 nitrogen and oxygen atoms in total. The van der Waals surface area contributed by atoms with Crippen molar-refractivity contribution in [3.63, 3.8) is 0 Å². The molecule has 35 heavy (non-hydrogen) atoms. The van der Waals surface area contributed by atoms with Gasteiger partial charge in [-0.1, -0.05) is 48.3 Å². The first-order valence-electron chi connectivity index (χ1n) is 10.6. The molecule has 1 aromatic heterocycles. The molecule has 0 saturated carbocycles. The summed E-state index contributed by atoms with van der Waals surface area (Å²) >= 11 is 1.17. The van der Waals surface area contributed by atoms with Gasteiger partial charge >= 0.3 is 11.9 Å². The van der Waals surface area contributed by atoms with Crippen LogP contribution in [0.2, 0.25) is 0 Å². The van der Waals surface area contributed by atoms with Crippen LogP contribution >= 0.6 is 11.3 Å². The highest BCUT2D eigenvalue weighted by Gasteiger charge is 2.33. The van der Waals surface area contributed by atoms with Crippen LogP contribution < -0.4 is 19.6 Å². The molecule has 1 atom stereocenters. The van der Waals surface area contributed by atoms with Crippen LogP contribution in [0.5, 0.6) is 5.75 Å². The van der Waals surface area contributed by atoms with E-state index in [4.69, 9.17) is 9.47 Å². The highest BCUT2D eigenvalue weighted by molar-refractivity contribution is 7.07. The average Bonchev–Trinajstić information content (AvgIpc) is 3.12. The third kappa shape index (κ3) is 5.04. The summed E-state index contributed by atoms with van der Waals surface area (Å²) in [5, 5.41) is 0. The maximum atomic E-state index is 13.5. The molecule has 0 aliphatic carbocycles. The van der Waals surface area contributed by atoms with Gasteiger partial charge in [0.1, 0.15) is 18.2 Å². The number of rotatable bonds is 6. The zero-order chi connectivity index (χ0) is 25.1. The normalized spacial score (nSPS) is 15.3.